The quantitative estimate of drug-likeness (QED) is 0.841. The lowest BCUT2D eigenvalue weighted by atomic mass is 9.93. The van der Waals surface area contributed by atoms with Crippen molar-refractivity contribution in [2.45, 2.75) is 69.6 Å². The van der Waals surface area contributed by atoms with E-state index in [9.17, 15) is 5.11 Å². The van der Waals surface area contributed by atoms with E-state index in [0.29, 0.717) is 12.1 Å². The normalized spacial score (nSPS) is 26.0. The Hall–Kier alpha value is -1.40. The summed E-state index contributed by atoms with van der Waals surface area (Å²) in [5.74, 6) is 0.720. The van der Waals surface area contributed by atoms with Gasteiger partial charge in [-0.15, -0.1) is 0 Å². The van der Waals surface area contributed by atoms with Crippen LogP contribution < -0.4 is 5.32 Å². The first-order valence-electron chi connectivity index (χ1n) is 8.55. The molecule has 2 aliphatic carbocycles. The molecule has 0 aromatic carbocycles. The molecule has 6 nitrogen and oxygen atoms in total. The van der Waals surface area contributed by atoms with E-state index >= 15 is 0 Å². The Morgan fingerprint density at radius 2 is 1.83 bits per heavy atom. The minimum absolute atomic E-state index is 0.163. The Morgan fingerprint density at radius 3 is 2.57 bits per heavy atom. The van der Waals surface area contributed by atoms with Crippen molar-refractivity contribution in [2.75, 3.05) is 5.32 Å². The maximum atomic E-state index is 9.64. The average molecular weight is 336 g/mol. The van der Waals surface area contributed by atoms with Crippen LogP contribution in [0, 0.1) is 0 Å². The molecule has 0 atom stereocenters. The summed E-state index contributed by atoms with van der Waals surface area (Å²) < 4.78 is 2.16. The molecule has 124 valence electrons. The average Bonchev–Trinajstić information content (AvgIpc) is 3.18. The number of imidazole rings is 1. The third-order valence-corrected chi connectivity index (χ3v) is 5.32. The van der Waals surface area contributed by atoms with Crippen molar-refractivity contribution in [1.82, 2.24) is 19.5 Å². The molecule has 0 radical (unpaired) electrons. The van der Waals surface area contributed by atoms with E-state index in [1.165, 1.54) is 25.7 Å². The van der Waals surface area contributed by atoms with Crippen LogP contribution in [0.1, 0.15) is 57.4 Å². The van der Waals surface area contributed by atoms with E-state index in [2.05, 4.69) is 24.8 Å². The van der Waals surface area contributed by atoms with Gasteiger partial charge in [0.1, 0.15) is 0 Å². The molecule has 2 aromatic heterocycles. The predicted molar refractivity (Wildman–Crippen MR) is 89.7 cm³/mol. The third-order valence-electron chi connectivity index (χ3n) is 5.15. The summed E-state index contributed by atoms with van der Waals surface area (Å²) in [7, 11) is 0. The molecule has 7 heteroatoms. The largest absolute Gasteiger partial charge is 0.393 e. The van der Waals surface area contributed by atoms with E-state index in [1.54, 1.807) is 0 Å². The number of nitrogens with one attached hydrogen (secondary N) is 1. The van der Waals surface area contributed by atoms with E-state index < -0.39 is 0 Å². The second-order valence-electron chi connectivity index (χ2n) is 6.75. The SMILES string of the molecule is O[C@H]1CC[C@H](Nc2nc(Cl)nc3c2ncn3C2CCCC2)CC1. The first-order chi connectivity index (χ1) is 11.2. The maximum Gasteiger partial charge on any atom is 0.226 e. The number of aliphatic hydroxyl groups is 1. The van der Waals surface area contributed by atoms with Crippen LogP contribution in [0.2, 0.25) is 5.28 Å². The summed E-state index contributed by atoms with van der Waals surface area (Å²) in [6, 6.07) is 0.785. The molecular formula is C16H22ClN5O. The molecule has 2 saturated carbocycles. The molecule has 2 N–H and O–H groups in total. The highest BCUT2D eigenvalue weighted by Gasteiger charge is 2.24. The van der Waals surface area contributed by atoms with Gasteiger partial charge in [-0.3, -0.25) is 0 Å². The molecular weight excluding hydrogens is 314 g/mol. The zero-order valence-electron chi connectivity index (χ0n) is 13.1. The third kappa shape index (κ3) is 3.02. The van der Waals surface area contributed by atoms with Gasteiger partial charge in [0.05, 0.1) is 12.4 Å². The van der Waals surface area contributed by atoms with Crippen LogP contribution in [-0.2, 0) is 0 Å². The summed E-state index contributed by atoms with van der Waals surface area (Å²) >= 11 is 6.16. The molecule has 0 unspecified atom stereocenters. The smallest absolute Gasteiger partial charge is 0.226 e. The van der Waals surface area contributed by atoms with Crippen molar-refractivity contribution in [3.05, 3.63) is 11.6 Å². The molecule has 23 heavy (non-hydrogen) atoms. The minimum atomic E-state index is -0.163. The summed E-state index contributed by atoms with van der Waals surface area (Å²) in [6.07, 6.45) is 10.1. The van der Waals surface area contributed by atoms with Crippen molar-refractivity contribution in [1.29, 1.82) is 0 Å². The first-order valence-corrected chi connectivity index (χ1v) is 8.93. The summed E-state index contributed by atoms with van der Waals surface area (Å²) in [5.41, 5.74) is 1.63. The van der Waals surface area contributed by atoms with Crippen LogP contribution in [0.4, 0.5) is 5.82 Å². The fourth-order valence-electron chi connectivity index (χ4n) is 3.85. The lowest BCUT2D eigenvalue weighted by molar-refractivity contribution is 0.126. The molecule has 2 aliphatic rings. The lowest BCUT2D eigenvalue weighted by Crippen LogP contribution is -2.28. The van der Waals surface area contributed by atoms with Crippen LogP contribution in [0.3, 0.4) is 0 Å². The molecule has 2 aromatic rings. The Morgan fingerprint density at radius 1 is 1.09 bits per heavy atom. The Balaban J connectivity index is 1.64. The van der Waals surface area contributed by atoms with Crippen LogP contribution in [0.15, 0.2) is 6.33 Å². The van der Waals surface area contributed by atoms with Crippen molar-refractivity contribution < 1.29 is 5.11 Å². The van der Waals surface area contributed by atoms with E-state index in [1.807, 2.05) is 6.33 Å². The fraction of sp³-hybridized carbons (Fsp3) is 0.688. The van der Waals surface area contributed by atoms with Gasteiger partial charge in [0, 0.05) is 12.1 Å². The molecule has 2 fully saturated rings. The number of nitrogens with zero attached hydrogens (tertiary/aromatic N) is 4. The Bertz CT molecular complexity index is 689. The standard InChI is InChI=1S/C16H22ClN5O/c17-16-20-14(19-10-5-7-12(23)8-6-10)13-15(21-16)22(9-18-13)11-3-1-2-4-11/h9-12,23H,1-8H2,(H,19,20,21)/t10-,12-. The lowest BCUT2D eigenvalue weighted by Gasteiger charge is -2.26. The van der Waals surface area contributed by atoms with Crippen LogP contribution in [-0.4, -0.2) is 36.8 Å². The van der Waals surface area contributed by atoms with Crippen molar-refractivity contribution >= 4 is 28.6 Å². The van der Waals surface area contributed by atoms with E-state index in [-0.39, 0.29) is 11.4 Å². The van der Waals surface area contributed by atoms with Gasteiger partial charge >= 0.3 is 0 Å². The highest BCUT2D eigenvalue weighted by molar-refractivity contribution is 6.28. The van der Waals surface area contributed by atoms with E-state index in [0.717, 1.165) is 42.7 Å². The summed E-state index contributed by atoms with van der Waals surface area (Å²) in [5, 5.41) is 13.4. The van der Waals surface area contributed by atoms with Crippen molar-refractivity contribution in [3.8, 4) is 0 Å². The van der Waals surface area contributed by atoms with Gasteiger partial charge in [0.25, 0.3) is 0 Å². The molecule has 0 saturated heterocycles. The van der Waals surface area contributed by atoms with Gasteiger partial charge in [0.2, 0.25) is 5.28 Å². The van der Waals surface area contributed by atoms with Crippen LogP contribution >= 0.6 is 11.6 Å². The second kappa shape index (κ2) is 6.24. The number of hydrogen-bond acceptors (Lipinski definition) is 5. The van der Waals surface area contributed by atoms with Gasteiger partial charge in [-0.2, -0.15) is 9.97 Å². The van der Waals surface area contributed by atoms with Crippen LogP contribution in [0.5, 0.6) is 0 Å². The molecule has 0 spiro atoms. The second-order valence-corrected chi connectivity index (χ2v) is 7.09. The zero-order chi connectivity index (χ0) is 15.8. The predicted octanol–water partition coefficient (Wildman–Crippen LogP) is 3.31. The van der Waals surface area contributed by atoms with Crippen LogP contribution in [0.25, 0.3) is 11.2 Å². The molecule has 2 heterocycles. The number of aromatic nitrogens is 4. The van der Waals surface area contributed by atoms with Gasteiger partial charge in [-0.25, -0.2) is 4.98 Å². The molecule has 4 rings (SSSR count). The summed E-state index contributed by atoms with van der Waals surface area (Å²) in [4.78, 5) is 13.3. The van der Waals surface area contributed by atoms with E-state index in [4.69, 9.17) is 11.6 Å². The Kier molecular flexibility index (Phi) is 4.11. The number of halogens is 1. The van der Waals surface area contributed by atoms with Crippen molar-refractivity contribution in [2.24, 2.45) is 0 Å². The van der Waals surface area contributed by atoms with Gasteiger partial charge < -0.3 is 15.0 Å². The minimum Gasteiger partial charge on any atom is -0.393 e. The number of hydrogen-bond donors (Lipinski definition) is 2. The Labute approximate surface area is 140 Å². The molecule has 0 aliphatic heterocycles. The van der Waals surface area contributed by atoms with Gasteiger partial charge in [0.15, 0.2) is 17.0 Å². The zero-order valence-corrected chi connectivity index (χ0v) is 13.8. The van der Waals surface area contributed by atoms with Gasteiger partial charge in [-0.05, 0) is 50.1 Å². The number of anilines is 1. The number of aliphatic hydroxyl groups excluding tert-OH is 1. The first kappa shape index (κ1) is 15.1. The highest BCUT2D eigenvalue weighted by atomic mass is 35.5. The van der Waals surface area contributed by atoms with Gasteiger partial charge in [-0.1, -0.05) is 12.8 Å². The maximum absolute atomic E-state index is 9.64. The topological polar surface area (TPSA) is 75.9 Å². The highest BCUT2D eigenvalue weighted by Crippen LogP contribution is 2.33. The summed E-state index contributed by atoms with van der Waals surface area (Å²) in [6.45, 7) is 0. The van der Waals surface area contributed by atoms with Crippen molar-refractivity contribution in [3.63, 3.8) is 0 Å². The molecule has 0 bridgehead atoms. The fourth-order valence-corrected chi connectivity index (χ4v) is 4.02. The number of rotatable bonds is 3. The monoisotopic (exact) mass is 335 g/mol. The number of fused-ring (bicyclic) bond motifs is 1. The molecule has 0 amide bonds.